The number of nitrogens with zero attached hydrogens (tertiary/aromatic N) is 2. The largest absolute Gasteiger partial charge is 0.373 e. The monoisotopic (exact) mass is 280 g/mol. The van der Waals surface area contributed by atoms with Crippen molar-refractivity contribution in [2.75, 3.05) is 32.6 Å². The van der Waals surface area contributed by atoms with Crippen LogP contribution >= 0.6 is 11.6 Å². The van der Waals surface area contributed by atoms with E-state index < -0.39 is 0 Å². The van der Waals surface area contributed by atoms with Gasteiger partial charge in [0.05, 0.1) is 5.02 Å². The molecule has 0 heterocycles. The molecule has 0 aromatic heterocycles. The lowest BCUT2D eigenvalue weighted by atomic mass is 9.75. The predicted octanol–water partition coefficient (Wildman–Crippen LogP) is 3.07. The third-order valence-corrected chi connectivity index (χ3v) is 4.64. The smallest absolute Gasteiger partial charge is 0.151 e. The van der Waals surface area contributed by atoms with Gasteiger partial charge in [0, 0.05) is 30.4 Å². The summed E-state index contributed by atoms with van der Waals surface area (Å²) in [6.07, 6.45) is 4.57. The summed E-state index contributed by atoms with van der Waals surface area (Å²) in [5, 5.41) is 0.520. The standard InChI is InChI=1S/C15H21ClN2O/c1-17(2)15(7-4-8-15)11-18(3)13-6-5-12(10-19)14(16)9-13/h5-6,9-10H,4,7-8,11H2,1-3H3. The number of hydrogen-bond donors (Lipinski definition) is 0. The Kier molecular flexibility index (Phi) is 4.16. The Morgan fingerprint density at radius 2 is 2.00 bits per heavy atom. The van der Waals surface area contributed by atoms with Crippen LogP contribution in [0, 0.1) is 0 Å². The first-order valence-corrected chi connectivity index (χ1v) is 7.00. The summed E-state index contributed by atoms with van der Waals surface area (Å²) in [6.45, 7) is 0.983. The summed E-state index contributed by atoms with van der Waals surface area (Å²) in [6, 6.07) is 5.61. The van der Waals surface area contributed by atoms with Crippen LogP contribution in [0.25, 0.3) is 0 Å². The topological polar surface area (TPSA) is 23.6 Å². The summed E-state index contributed by atoms with van der Waals surface area (Å²) < 4.78 is 0. The summed E-state index contributed by atoms with van der Waals surface area (Å²) in [4.78, 5) is 15.3. The van der Waals surface area contributed by atoms with Gasteiger partial charge in [0.15, 0.2) is 6.29 Å². The number of halogens is 1. The van der Waals surface area contributed by atoms with Gasteiger partial charge in [-0.3, -0.25) is 4.79 Å². The van der Waals surface area contributed by atoms with Crippen molar-refractivity contribution in [2.24, 2.45) is 0 Å². The first-order chi connectivity index (χ1) is 8.98. The minimum absolute atomic E-state index is 0.282. The third-order valence-electron chi connectivity index (χ3n) is 4.32. The van der Waals surface area contributed by atoms with E-state index >= 15 is 0 Å². The molecule has 1 fully saturated rings. The molecule has 1 aliphatic carbocycles. The quantitative estimate of drug-likeness (QED) is 0.775. The lowest BCUT2D eigenvalue weighted by Crippen LogP contribution is -2.56. The van der Waals surface area contributed by atoms with Crippen LogP contribution in [-0.2, 0) is 0 Å². The number of hydrogen-bond acceptors (Lipinski definition) is 3. The van der Waals surface area contributed by atoms with Crippen molar-refractivity contribution < 1.29 is 4.79 Å². The van der Waals surface area contributed by atoms with E-state index in [-0.39, 0.29) is 5.54 Å². The fraction of sp³-hybridized carbons (Fsp3) is 0.533. The number of rotatable bonds is 5. The van der Waals surface area contributed by atoms with E-state index in [0.29, 0.717) is 10.6 Å². The molecule has 0 radical (unpaired) electrons. The average molecular weight is 281 g/mol. The van der Waals surface area contributed by atoms with Gasteiger partial charge < -0.3 is 9.80 Å². The molecule has 0 atom stereocenters. The van der Waals surface area contributed by atoms with Crippen LogP contribution in [0.4, 0.5) is 5.69 Å². The predicted molar refractivity (Wildman–Crippen MR) is 80.4 cm³/mol. The lowest BCUT2D eigenvalue weighted by molar-refractivity contribution is 0.0683. The molecule has 104 valence electrons. The Bertz CT molecular complexity index is 469. The first kappa shape index (κ1) is 14.4. The lowest BCUT2D eigenvalue weighted by Gasteiger charge is -2.49. The molecule has 0 bridgehead atoms. The number of carbonyl (C=O) groups excluding carboxylic acids is 1. The molecule has 0 spiro atoms. The number of likely N-dealkylation sites (N-methyl/N-ethyl adjacent to an activating group) is 2. The SMILES string of the molecule is CN(CC1(N(C)C)CCC1)c1ccc(C=O)c(Cl)c1. The van der Waals surface area contributed by atoms with E-state index in [2.05, 4.69) is 30.9 Å². The van der Waals surface area contributed by atoms with Crippen LogP contribution in [0.15, 0.2) is 18.2 Å². The van der Waals surface area contributed by atoms with Crippen LogP contribution in [0.2, 0.25) is 5.02 Å². The van der Waals surface area contributed by atoms with Gasteiger partial charge in [-0.25, -0.2) is 0 Å². The fourth-order valence-corrected chi connectivity index (χ4v) is 2.93. The Labute approximate surface area is 120 Å². The maximum absolute atomic E-state index is 10.8. The van der Waals surface area contributed by atoms with Gasteiger partial charge in [-0.2, -0.15) is 0 Å². The Morgan fingerprint density at radius 1 is 1.32 bits per heavy atom. The zero-order chi connectivity index (χ0) is 14.0. The normalized spacial score (nSPS) is 17.1. The summed E-state index contributed by atoms with van der Waals surface area (Å²) in [5.74, 6) is 0. The van der Waals surface area contributed by atoms with Gasteiger partial charge in [-0.1, -0.05) is 11.6 Å². The Morgan fingerprint density at radius 3 is 2.42 bits per heavy atom. The van der Waals surface area contributed by atoms with E-state index in [9.17, 15) is 4.79 Å². The molecular formula is C15H21ClN2O. The number of carbonyl (C=O) groups is 1. The molecule has 4 heteroatoms. The van der Waals surface area contributed by atoms with E-state index in [1.165, 1.54) is 19.3 Å². The van der Waals surface area contributed by atoms with E-state index in [1.54, 1.807) is 6.07 Å². The fourth-order valence-electron chi connectivity index (χ4n) is 2.71. The van der Waals surface area contributed by atoms with Gasteiger partial charge in [0.2, 0.25) is 0 Å². The number of anilines is 1. The van der Waals surface area contributed by atoms with E-state index in [0.717, 1.165) is 18.5 Å². The van der Waals surface area contributed by atoms with Crippen LogP contribution in [-0.4, -0.2) is 44.4 Å². The molecule has 0 amide bonds. The van der Waals surface area contributed by atoms with Crippen LogP contribution in [0.1, 0.15) is 29.6 Å². The van der Waals surface area contributed by atoms with Crippen molar-refractivity contribution in [3.63, 3.8) is 0 Å². The van der Waals surface area contributed by atoms with Gasteiger partial charge in [0.1, 0.15) is 0 Å². The molecular weight excluding hydrogens is 260 g/mol. The highest BCUT2D eigenvalue weighted by Crippen LogP contribution is 2.37. The maximum atomic E-state index is 10.8. The molecule has 19 heavy (non-hydrogen) atoms. The molecule has 0 unspecified atom stereocenters. The summed E-state index contributed by atoms with van der Waals surface area (Å²) in [5.41, 5.74) is 1.89. The van der Waals surface area contributed by atoms with Crippen LogP contribution in [0.3, 0.4) is 0 Å². The molecule has 1 aromatic carbocycles. The molecule has 0 aliphatic heterocycles. The van der Waals surface area contributed by atoms with E-state index in [1.807, 2.05) is 12.1 Å². The highest BCUT2D eigenvalue weighted by Gasteiger charge is 2.39. The second-order valence-corrected chi connectivity index (χ2v) is 6.06. The van der Waals surface area contributed by atoms with Crippen molar-refractivity contribution in [2.45, 2.75) is 24.8 Å². The number of aldehydes is 1. The van der Waals surface area contributed by atoms with Crippen molar-refractivity contribution in [3.8, 4) is 0 Å². The molecule has 1 aliphatic rings. The highest BCUT2D eigenvalue weighted by atomic mass is 35.5. The molecule has 1 saturated carbocycles. The third kappa shape index (κ3) is 2.77. The van der Waals surface area contributed by atoms with E-state index in [4.69, 9.17) is 11.6 Å². The van der Waals surface area contributed by atoms with Crippen LogP contribution in [0.5, 0.6) is 0 Å². The van der Waals surface area contributed by atoms with Crippen molar-refractivity contribution >= 4 is 23.6 Å². The van der Waals surface area contributed by atoms with Crippen molar-refractivity contribution in [1.82, 2.24) is 4.90 Å². The minimum Gasteiger partial charge on any atom is -0.373 e. The zero-order valence-corrected chi connectivity index (χ0v) is 12.6. The second kappa shape index (κ2) is 5.51. The summed E-state index contributed by atoms with van der Waals surface area (Å²) >= 11 is 6.09. The molecule has 3 nitrogen and oxygen atoms in total. The van der Waals surface area contributed by atoms with Crippen molar-refractivity contribution in [3.05, 3.63) is 28.8 Å². The Balaban J connectivity index is 2.13. The second-order valence-electron chi connectivity index (χ2n) is 5.65. The van der Waals surface area contributed by atoms with Gasteiger partial charge in [-0.05, 0) is 51.6 Å². The van der Waals surface area contributed by atoms with Gasteiger partial charge in [0.25, 0.3) is 0 Å². The highest BCUT2D eigenvalue weighted by molar-refractivity contribution is 6.33. The zero-order valence-electron chi connectivity index (χ0n) is 11.8. The molecule has 0 N–H and O–H groups in total. The number of benzene rings is 1. The van der Waals surface area contributed by atoms with Crippen molar-refractivity contribution in [1.29, 1.82) is 0 Å². The van der Waals surface area contributed by atoms with Gasteiger partial charge >= 0.3 is 0 Å². The average Bonchev–Trinajstić information content (AvgIpc) is 2.32. The molecule has 1 aromatic rings. The minimum atomic E-state index is 0.282. The molecule has 2 rings (SSSR count). The maximum Gasteiger partial charge on any atom is 0.151 e. The van der Waals surface area contributed by atoms with Crippen LogP contribution < -0.4 is 4.90 Å². The van der Waals surface area contributed by atoms with Gasteiger partial charge in [-0.15, -0.1) is 0 Å². The Hall–Kier alpha value is -1.06. The summed E-state index contributed by atoms with van der Waals surface area (Å²) in [7, 11) is 6.38. The first-order valence-electron chi connectivity index (χ1n) is 6.62. The molecule has 0 saturated heterocycles.